The SMILES string of the molecule is CCS(=O)(=O)N(c1c[c]c(F)cc1C#N)S(=O)(=O)CC. The number of sulfonamides is 2. The number of anilines is 1. The van der Waals surface area contributed by atoms with E-state index < -0.39 is 48.6 Å². The number of hydrogen-bond donors (Lipinski definition) is 0. The van der Waals surface area contributed by atoms with Crippen molar-refractivity contribution in [2.24, 2.45) is 0 Å². The van der Waals surface area contributed by atoms with Crippen LogP contribution in [-0.4, -0.2) is 28.3 Å². The van der Waals surface area contributed by atoms with Gasteiger partial charge in [0.15, 0.2) is 0 Å². The largest absolute Gasteiger partial charge is 0.247 e. The third kappa shape index (κ3) is 3.08. The van der Waals surface area contributed by atoms with Crippen LogP contribution in [0.4, 0.5) is 10.1 Å². The first-order valence-corrected chi connectivity index (χ1v) is 8.78. The molecule has 0 heterocycles. The molecule has 1 aromatic carbocycles. The van der Waals surface area contributed by atoms with Crippen LogP contribution in [0.25, 0.3) is 0 Å². The predicted molar refractivity (Wildman–Crippen MR) is 71.4 cm³/mol. The zero-order valence-corrected chi connectivity index (χ0v) is 12.4. The number of halogens is 1. The number of nitrogens with zero attached hydrogens (tertiary/aromatic N) is 2. The van der Waals surface area contributed by atoms with Crippen LogP contribution in [0.15, 0.2) is 12.1 Å². The molecule has 0 aromatic heterocycles. The lowest BCUT2D eigenvalue weighted by Gasteiger charge is -2.23. The molecule has 0 N–H and O–H groups in total. The highest BCUT2D eigenvalue weighted by molar-refractivity contribution is 8.10. The molecule has 109 valence electrons. The number of rotatable bonds is 5. The van der Waals surface area contributed by atoms with E-state index in [1.165, 1.54) is 13.8 Å². The minimum atomic E-state index is -4.18. The van der Waals surface area contributed by atoms with Crippen molar-refractivity contribution in [1.82, 2.24) is 0 Å². The Kier molecular flexibility index (Phi) is 4.73. The van der Waals surface area contributed by atoms with Crippen LogP contribution in [0.2, 0.25) is 0 Å². The quantitative estimate of drug-likeness (QED) is 0.807. The van der Waals surface area contributed by atoms with E-state index in [-0.39, 0.29) is 3.71 Å². The number of benzene rings is 1. The maximum atomic E-state index is 13.0. The molecule has 1 aromatic rings. The molecule has 1 radical (unpaired) electrons. The molecule has 0 aliphatic carbocycles. The van der Waals surface area contributed by atoms with Crippen LogP contribution in [0.3, 0.4) is 0 Å². The lowest BCUT2D eigenvalue weighted by molar-refractivity contribution is 0.585. The van der Waals surface area contributed by atoms with Crippen LogP contribution in [0.1, 0.15) is 19.4 Å². The fourth-order valence-electron chi connectivity index (χ4n) is 1.41. The normalized spacial score (nSPS) is 11.9. The summed E-state index contributed by atoms with van der Waals surface area (Å²) in [4.78, 5) is 0. The Balaban J connectivity index is 3.70. The number of nitriles is 1. The van der Waals surface area contributed by atoms with E-state index in [4.69, 9.17) is 5.26 Å². The smallest absolute Gasteiger partial charge is 0.206 e. The van der Waals surface area contributed by atoms with E-state index in [0.29, 0.717) is 0 Å². The summed E-state index contributed by atoms with van der Waals surface area (Å²) in [6.45, 7) is 2.54. The second-order valence-corrected chi connectivity index (χ2v) is 8.13. The molecular weight excluding hydrogens is 307 g/mol. The van der Waals surface area contributed by atoms with Crippen molar-refractivity contribution in [1.29, 1.82) is 5.26 Å². The van der Waals surface area contributed by atoms with E-state index in [1.807, 2.05) is 0 Å². The Hall–Kier alpha value is -1.66. The second-order valence-electron chi connectivity index (χ2n) is 3.69. The van der Waals surface area contributed by atoms with E-state index >= 15 is 0 Å². The highest BCUT2D eigenvalue weighted by Gasteiger charge is 2.33. The molecule has 0 saturated heterocycles. The molecular formula is C11H12FN2O4S2. The van der Waals surface area contributed by atoms with Crippen LogP contribution in [0.5, 0.6) is 0 Å². The zero-order valence-electron chi connectivity index (χ0n) is 10.8. The van der Waals surface area contributed by atoms with Crippen LogP contribution >= 0.6 is 0 Å². The molecule has 0 fully saturated rings. The Morgan fingerprint density at radius 3 is 2.15 bits per heavy atom. The van der Waals surface area contributed by atoms with Crippen molar-refractivity contribution in [2.45, 2.75) is 13.8 Å². The summed E-state index contributed by atoms with van der Waals surface area (Å²) in [6.07, 6.45) is 0. The fourth-order valence-corrected chi connectivity index (χ4v) is 4.79. The van der Waals surface area contributed by atoms with Crippen LogP contribution in [-0.2, 0) is 20.0 Å². The lowest BCUT2D eigenvalue weighted by Crippen LogP contribution is -2.39. The maximum absolute atomic E-state index is 13.0. The maximum Gasteiger partial charge on any atom is 0.247 e. The summed E-state index contributed by atoms with van der Waals surface area (Å²) in [6, 6.07) is 5.21. The highest BCUT2D eigenvalue weighted by atomic mass is 32.3. The monoisotopic (exact) mass is 319 g/mol. The summed E-state index contributed by atoms with van der Waals surface area (Å²) in [5, 5.41) is 8.92. The molecule has 0 bridgehead atoms. The van der Waals surface area contributed by atoms with Gasteiger partial charge >= 0.3 is 0 Å². The minimum Gasteiger partial charge on any atom is -0.206 e. The molecule has 0 aliphatic heterocycles. The summed E-state index contributed by atoms with van der Waals surface area (Å²) < 4.78 is 61.2. The average molecular weight is 319 g/mol. The van der Waals surface area contributed by atoms with Crippen LogP contribution < -0.4 is 3.71 Å². The lowest BCUT2D eigenvalue weighted by atomic mass is 10.2. The van der Waals surface area contributed by atoms with Crippen molar-refractivity contribution in [3.8, 4) is 6.07 Å². The van der Waals surface area contributed by atoms with Gasteiger partial charge in [0.05, 0.1) is 22.8 Å². The van der Waals surface area contributed by atoms with Crippen molar-refractivity contribution < 1.29 is 21.2 Å². The van der Waals surface area contributed by atoms with Crippen molar-refractivity contribution in [2.75, 3.05) is 15.2 Å². The van der Waals surface area contributed by atoms with Gasteiger partial charge in [0, 0.05) is 6.07 Å². The first-order chi connectivity index (χ1) is 9.19. The van der Waals surface area contributed by atoms with Gasteiger partial charge in [0.1, 0.15) is 11.9 Å². The molecule has 20 heavy (non-hydrogen) atoms. The van der Waals surface area contributed by atoms with Gasteiger partial charge in [-0.25, -0.2) is 21.2 Å². The van der Waals surface area contributed by atoms with Gasteiger partial charge in [0.2, 0.25) is 20.0 Å². The van der Waals surface area contributed by atoms with Crippen molar-refractivity contribution >= 4 is 25.7 Å². The summed E-state index contributed by atoms with van der Waals surface area (Å²) in [7, 11) is -8.35. The van der Waals surface area contributed by atoms with E-state index in [2.05, 4.69) is 6.07 Å². The standard InChI is InChI=1S/C11H12FN2O4S2/c1-3-19(15,16)14(20(17,18)4-2)11-6-5-10(12)7-9(11)8-13/h6-7H,3-4H2,1-2H3. The molecule has 0 spiro atoms. The Labute approximate surface area is 117 Å². The van der Waals surface area contributed by atoms with Crippen molar-refractivity contribution in [3.05, 3.63) is 29.6 Å². The average Bonchev–Trinajstić information content (AvgIpc) is 2.40. The minimum absolute atomic E-state index is 0.175. The van der Waals surface area contributed by atoms with E-state index in [9.17, 15) is 21.2 Å². The second kappa shape index (κ2) is 5.76. The molecule has 0 aliphatic rings. The summed E-state index contributed by atoms with van der Waals surface area (Å²) in [5.41, 5.74) is -0.812. The van der Waals surface area contributed by atoms with Crippen LogP contribution in [0, 0.1) is 23.2 Å². The Bertz CT molecular complexity index is 717. The topological polar surface area (TPSA) is 95.3 Å². The molecule has 0 amide bonds. The van der Waals surface area contributed by atoms with Gasteiger partial charge in [-0.2, -0.15) is 8.97 Å². The molecule has 0 saturated carbocycles. The Morgan fingerprint density at radius 1 is 1.25 bits per heavy atom. The molecule has 0 atom stereocenters. The van der Waals surface area contributed by atoms with Gasteiger partial charge in [-0.05, 0) is 26.0 Å². The van der Waals surface area contributed by atoms with Gasteiger partial charge in [-0.15, -0.1) is 0 Å². The summed E-state index contributed by atoms with van der Waals surface area (Å²) >= 11 is 0. The number of hydrogen-bond acceptors (Lipinski definition) is 5. The predicted octanol–water partition coefficient (Wildman–Crippen LogP) is 1.00. The van der Waals surface area contributed by atoms with Gasteiger partial charge in [-0.3, -0.25) is 0 Å². The Morgan fingerprint density at radius 2 is 1.75 bits per heavy atom. The third-order valence-corrected chi connectivity index (χ3v) is 6.67. The molecule has 6 nitrogen and oxygen atoms in total. The first kappa shape index (κ1) is 16.4. The van der Waals surface area contributed by atoms with Gasteiger partial charge in [0.25, 0.3) is 0 Å². The highest BCUT2D eigenvalue weighted by Crippen LogP contribution is 2.27. The van der Waals surface area contributed by atoms with E-state index in [0.717, 1.165) is 12.1 Å². The first-order valence-electron chi connectivity index (χ1n) is 5.56. The summed E-state index contributed by atoms with van der Waals surface area (Å²) in [5.74, 6) is -1.84. The molecule has 0 unspecified atom stereocenters. The van der Waals surface area contributed by atoms with E-state index in [1.54, 1.807) is 6.07 Å². The van der Waals surface area contributed by atoms with Crippen molar-refractivity contribution in [3.63, 3.8) is 0 Å². The van der Waals surface area contributed by atoms with Gasteiger partial charge in [-0.1, -0.05) is 0 Å². The fraction of sp³-hybridized carbons (Fsp3) is 0.364. The zero-order chi connectivity index (χ0) is 15.6. The molecule has 1 rings (SSSR count). The molecule has 9 heteroatoms. The third-order valence-electron chi connectivity index (χ3n) is 2.45. The van der Waals surface area contributed by atoms with Gasteiger partial charge < -0.3 is 0 Å².